The van der Waals surface area contributed by atoms with Gasteiger partial charge in [-0.1, -0.05) is 0 Å². The van der Waals surface area contributed by atoms with Crippen LogP contribution < -0.4 is 11.3 Å². The summed E-state index contributed by atoms with van der Waals surface area (Å²) in [7, 11) is 0. The molecule has 8 heteroatoms. The lowest BCUT2D eigenvalue weighted by Crippen LogP contribution is -2.30. The molecule has 0 aliphatic carbocycles. The molecule has 0 saturated carbocycles. The molecule has 1 saturated heterocycles. The van der Waals surface area contributed by atoms with Crippen LogP contribution in [0.4, 0.5) is 4.79 Å². The van der Waals surface area contributed by atoms with Crippen LogP contribution in [-0.2, 0) is 11.3 Å². The van der Waals surface area contributed by atoms with Gasteiger partial charge in [0.2, 0.25) is 0 Å². The average molecular weight is 242 g/mol. The van der Waals surface area contributed by atoms with Gasteiger partial charge in [0.1, 0.15) is 6.61 Å². The van der Waals surface area contributed by atoms with E-state index in [4.69, 9.17) is 10.6 Å². The molecule has 1 aliphatic rings. The van der Waals surface area contributed by atoms with E-state index in [1.165, 1.54) is 16.2 Å². The van der Waals surface area contributed by atoms with Crippen molar-refractivity contribution in [3.05, 3.63) is 16.1 Å². The molecule has 0 atom stereocenters. The Balaban J connectivity index is 2.02. The van der Waals surface area contributed by atoms with Crippen LogP contribution in [0.15, 0.2) is 5.38 Å². The van der Waals surface area contributed by atoms with Gasteiger partial charge in [-0.2, -0.15) is 0 Å². The molecule has 0 spiro atoms. The van der Waals surface area contributed by atoms with Gasteiger partial charge in [0.25, 0.3) is 5.91 Å². The van der Waals surface area contributed by atoms with E-state index in [9.17, 15) is 9.59 Å². The van der Waals surface area contributed by atoms with E-state index in [2.05, 4.69) is 4.98 Å². The number of ether oxygens (including phenoxy) is 1. The minimum Gasteiger partial charge on any atom is -0.448 e. The third kappa shape index (κ3) is 2.12. The van der Waals surface area contributed by atoms with Gasteiger partial charge in [0.15, 0.2) is 5.01 Å². The van der Waals surface area contributed by atoms with Crippen LogP contribution in [0.1, 0.15) is 15.5 Å². The highest BCUT2D eigenvalue weighted by Gasteiger charge is 2.23. The fourth-order valence-electron chi connectivity index (χ4n) is 1.31. The summed E-state index contributed by atoms with van der Waals surface area (Å²) in [6, 6.07) is 0. The van der Waals surface area contributed by atoms with Crippen LogP contribution in [0.25, 0.3) is 0 Å². The zero-order valence-electron chi connectivity index (χ0n) is 8.30. The summed E-state index contributed by atoms with van der Waals surface area (Å²) in [4.78, 5) is 27.9. The molecular weight excluding hydrogens is 232 g/mol. The van der Waals surface area contributed by atoms with Crippen LogP contribution in [0.3, 0.4) is 0 Å². The van der Waals surface area contributed by atoms with Crippen molar-refractivity contribution >= 4 is 23.3 Å². The van der Waals surface area contributed by atoms with Gasteiger partial charge in [-0.3, -0.25) is 15.1 Å². The van der Waals surface area contributed by atoms with Crippen LogP contribution in [0.2, 0.25) is 0 Å². The summed E-state index contributed by atoms with van der Waals surface area (Å²) in [5.41, 5.74) is 2.66. The molecule has 2 rings (SSSR count). The van der Waals surface area contributed by atoms with E-state index in [0.717, 1.165) is 0 Å². The molecule has 0 radical (unpaired) electrons. The van der Waals surface area contributed by atoms with Crippen LogP contribution >= 0.6 is 11.3 Å². The number of aromatic nitrogens is 1. The van der Waals surface area contributed by atoms with Crippen LogP contribution in [-0.4, -0.2) is 35.0 Å². The number of hydrazine groups is 1. The first-order valence-corrected chi connectivity index (χ1v) is 5.45. The van der Waals surface area contributed by atoms with Crippen molar-refractivity contribution < 1.29 is 14.3 Å². The number of nitrogens with zero attached hydrogens (tertiary/aromatic N) is 2. The predicted molar refractivity (Wildman–Crippen MR) is 55.5 cm³/mol. The predicted octanol–water partition coefficient (Wildman–Crippen LogP) is -0.301. The lowest BCUT2D eigenvalue weighted by molar-refractivity contribution is 0.0953. The standard InChI is InChI=1S/C8H10N4O3S/c9-11-6(13)7-10-5(4-16-7)3-12-1-2-15-8(12)14/h4H,1-3,9H2,(H,11,13). The third-order valence-electron chi connectivity index (χ3n) is 2.07. The number of rotatable bonds is 3. The zero-order chi connectivity index (χ0) is 11.5. The van der Waals surface area contributed by atoms with E-state index in [1.54, 1.807) is 5.38 Å². The molecule has 7 nitrogen and oxygen atoms in total. The SMILES string of the molecule is NNC(=O)c1nc(CN2CCOC2=O)cs1. The van der Waals surface area contributed by atoms with Crippen molar-refractivity contribution in [2.75, 3.05) is 13.2 Å². The lowest BCUT2D eigenvalue weighted by Gasteiger charge is -2.09. The van der Waals surface area contributed by atoms with Crippen molar-refractivity contribution in [3.8, 4) is 0 Å². The molecule has 3 N–H and O–H groups in total. The average Bonchev–Trinajstić information content (AvgIpc) is 2.89. The minimum atomic E-state index is -0.430. The van der Waals surface area contributed by atoms with Crippen molar-refractivity contribution in [3.63, 3.8) is 0 Å². The third-order valence-corrected chi connectivity index (χ3v) is 2.96. The smallest absolute Gasteiger partial charge is 0.410 e. The van der Waals surface area contributed by atoms with E-state index in [-0.39, 0.29) is 11.1 Å². The molecule has 16 heavy (non-hydrogen) atoms. The summed E-state index contributed by atoms with van der Waals surface area (Å²) in [6.45, 7) is 1.31. The van der Waals surface area contributed by atoms with Gasteiger partial charge in [-0.25, -0.2) is 15.6 Å². The Morgan fingerprint density at radius 3 is 3.19 bits per heavy atom. The minimum absolute atomic E-state index is 0.282. The lowest BCUT2D eigenvalue weighted by atomic mass is 10.4. The van der Waals surface area contributed by atoms with Crippen LogP contribution in [0, 0.1) is 0 Å². The maximum atomic E-state index is 11.2. The number of hydrogen-bond acceptors (Lipinski definition) is 6. The molecule has 2 heterocycles. The first kappa shape index (κ1) is 10.8. The van der Waals surface area contributed by atoms with Crippen molar-refractivity contribution in [1.82, 2.24) is 15.3 Å². The highest BCUT2D eigenvalue weighted by atomic mass is 32.1. The second kappa shape index (κ2) is 4.45. The number of cyclic esters (lactones) is 1. The van der Waals surface area contributed by atoms with E-state index < -0.39 is 5.91 Å². The maximum Gasteiger partial charge on any atom is 0.410 e. The Hall–Kier alpha value is -1.67. The van der Waals surface area contributed by atoms with E-state index >= 15 is 0 Å². The van der Waals surface area contributed by atoms with Crippen molar-refractivity contribution in [1.29, 1.82) is 0 Å². The molecule has 2 amide bonds. The second-order valence-electron chi connectivity index (χ2n) is 3.15. The number of nitrogens with two attached hydrogens (primary N) is 1. The second-order valence-corrected chi connectivity index (χ2v) is 4.01. The molecule has 0 bridgehead atoms. The molecular formula is C8H10N4O3S. The molecule has 1 aromatic rings. The first-order chi connectivity index (χ1) is 7.70. The zero-order valence-corrected chi connectivity index (χ0v) is 9.12. The Morgan fingerprint density at radius 1 is 1.75 bits per heavy atom. The Kier molecular flexibility index (Phi) is 3.02. The number of carbonyl (C=O) groups excluding carboxylic acids is 2. The highest BCUT2D eigenvalue weighted by molar-refractivity contribution is 7.11. The molecule has 0 aromatic carbocycles. The Bertz CT molecular complexity index is 419. The number of nitrogens with one attached hydrogen (secondary N) is 1. The van der Waals surface area contributed by atoms with Crippen molar-refractivity contribution in [2.45, 2.75) is 6.54 Å². The number of amides is 2. The Morgan fingerprint density at radius 2 is 2.56 bits per heavy atom. The van der Waals surface area contributed by atoms with Gasteiger partial charge in [0, 0.05) is 5.38 Å². The van der Waals surface area contributed by atoms with E-state index in [1.807, 2.05) is 5.43 Å². The van der Waals surface area contributed by atoms with Crippen LogP contribution in [0.5, 0.6) is 0 Å². The molecule has 1 fully saturated rings. The van der Waals surface area contributed by atoms with Gasteiger partial charge in [0.05, 0.1) is 18.8 Å². The topological polar surface area (TPSA) is 97.5 Å². The summed E-state index contributed by atoms with van der Waals surface area (Å²) in [5, 5.41) is 2.00. The first-order valence-electron chi connectivity index (χ1n) is 4.58. The number of nitrogen functional groups attached to an aromatic ring is 1. The van der Waals surface area contributed by atoms with E-state index in [0.29, 0.717) is 25.4 Å². The summed E-state index contributed by atoms with van der Waals surface area (Å²) in [6.07, 6.45) is -0.349. The normalized spacial score (nSPS) is 15.1. The van der Waals surface area contributed by atoms with Gasteiger partial charge in [-0.15, -0.1) is 11.3 Å². The van der Waals surface area contributed by atoms with Crippen molar-refractivity contribution in [2.24, 2.45) is 5.84 Å². The highest BCUT2D eigenvalue weighted by Crippen LogP contribution is 2.14. The fourth-order valence-corrected chi connectivity index (χ4v) is 2.02. The molecule has 1 aromatic heterocycles. The van der Waals surface area contributed by atoms with Gasteiger partial charge in [-0.05, 0) is 0 Å². The summed E-state index contributed by atoms with van der Waals surface area (Å²) in [5.74, 6) is 4.55. The fraction of sp³-hybridized carbons (Fsp3) is 0.375. The molecule has 0 unspecified atom stereocenters. The quantitative estimate of drug-likeness (QED) is 0.431. The van der Waals surface area contributed by atoms with Gasteiger partial charge < -0.3 is 4.74 Å². The maximum absolute atomic E-state index is 11.2. The summed E-state index contributed by atoms with van der Waals surface area (Å²) < 4.78 is 4.78. The number of carbonyl (C=O) groups is 2. The van der Waals surface area contributed by atoms with Gasteiger partial charge >= 0.3 is 6.09 Å². The number of thiazole rings is 1. The molecule has 1 aliphatic heterocycles. The number of hydrogen-bond donors (Lipinski definition) is 2. The largest absolute Gasteiger partial charge is 0.448 e. The summed E-state index contributed by atoms with van der Waals surface area (Å²) >= 11 is 1.18. The Labute approximate surface area is 95.2 Å². The molecule has 86 valence electrons. The monoisotopic (exact) mass is 242 g/mol.